The second-order valence-corrected chi connectivity index (χ2v) is 5.74. The number of nitrogens with zero attached hydrogens (tertiary/aromatic N) is 1. The molecular weight excluding hydrogens is 200 g/mol. The quantitative estimate of drug-likeness (QED) is 0.785. The summed E-state index contributed by atoms with van der Waals surface area (Å²) in [6.45, 7) is 1.61. The van der Waals surface area contributed by atoms with Crippen LogP contribution in [-0.2, 0) is 4.79 Å². The summed E-state index contributed by atoms with van der Waals surface area (Å²) < 4.78 is 0. The van der Waals surface area contributed by atoms with Crippen molar-refractivity contribution in [2.24, 2.45) is 5.92 Å². The van der Waals surface area contributed by atoms with Crippen molar-refractivity contribution >= 4 is 5.91 Å². The molecule has 90 valence electrons. The average molecular weight is 222 g/mol. The first kappa shape index (κ1) is 10.6. The fourth-order valence-electron chi connectivity index (χ4n) is 3.69. The molecule has 2 atom stereocenters. The monoisotopic (exact) mass is 222 g/mol. The Hall–Kier alpha value is -0.570. The van der Waals surface area contributed by atoms with Crippen LogP contribution in [0.25, 0.3) is 0 Å². The third-order valence-corrected chi connectivity index (χ3v) is 4.63. The van der Waals surface area contributed by atoms with E-state index in [2.05, 4.69) is 10.2 Å². The molecule has 0 spiro atoms. The molecular formula is C13H22N2O. The van der Waals surface area contributed by atoms with Gasteiger partial charge in [-0.15, -0.1) is 0 Å². The number of carbonyl (C=O) groups is 1. The van der Waals surface area contributed by atoms with Gasteiger partial charge in [0.25, 0.3) is 0 Å². The van der Waals surface area contributed by atoms with E-state index < -0.39 is 0 Å². The third kappa shape index (κ3) is 1.97. The SMILES string of the molecule is O=C(CNC1CCCC1)N1CC2CCC1C2. The van der Waals surface area contributed by atoms with Crippen LogP contribution >= 0.6 is 0 Å². The highest BCUT2D eigenvalue weighted by atomic mass is 16.2. The standard InChI is InChI=1S/C13H22N2O/c16-13(8-14-11-3-1-2-4-11)15-9-10-5-6-12(15)7-10/h10-12,14H,1-9H2. The number of amides is 1. The molecule has 2 bridgehead atoms. The van der Waals surface area contributed by atoms with E-state index in [0.29, 0.717) is 24.5 Å². The first-order chi connectivity index (χ1) is 7.83. The molecule has 1 saturated heterocycles. The first-order valence-electron chi connectivity index (χ1n) is 6.86. The van der Waals surface area contributed by atoms with Crippen molar-refractivity contribution < 1.29 is 4.79 Å². The number of piperidine rings is 1. The van der Waals surface area contributed by atoms with Gasteiger partial charge in [-0.2, -0.15) is 0 Å². The van der Waals surface area contributed by atoms with Gasteiger partial charge in [-0.05, 0) is 38.0 Å². The molecule has 1 N–H and O–H groups in total. The summed E-state index contributed by atoms with van der Waals surface area (Å²) >= 11 is 0. The van der Waals surface area contributed by atoms with E-state index in [1.165, 1.54) is 44.9 Å². The summed E-state index contributed by atoms with van der Waals surface area (Å²) in [6, 6.07) is 1.20. The highest BCUT2D eigenvalue weighted by Crippen LogP contribution is 2.37. The van der Waals surface area contributed by atoms with Crippen molar-refractivity contribution in [3.8, 4) is 0 Å². The Balaban J connectivity index is 1.46. The van der Waals surface area contributed by atoms with Crippen LogP contribution < -0.4 is 5.32 Å². The number of nitrogens with one attached hydrogen (secondary N) is 1. The molecule has 0 aromatic heterocycles. The lowest BCUT2D eigenvalue weighted by Crippen LogP contribution is -2.44. The summed E-state index contributed by atoms with van der Waals surface area (Å²) in [5.74, 6) is 1.17. The predicted octanol–water partition coefficient (Wildman–Crippen LogP) is 1.53. The molecule has 2 aliphatic carbocycles. The van der Waals surface area contributed by atoms with Crippen molar-refractivity contribution in [1.29, 1.82) is 0 Å². The lowest BCUT2D eigenvalue weighted by atomic mass is 10.1. The molecule has 3 nitrogen and oxygen atoms in total. The van der Waals surface area contributed by atoms with Crippen LogP contribution in [0.15, 0.2) is 0 Å². The summed E-state index contributed by atoms with van der Waals surface area (Å²) in [6.07, 6.45) is 9.07. The second kappa shape index (κ2) is 4.36. The second-order valence-electron chi connectivity index (χ2n) is 5.74. The van der Waals surface area contributed by atoms with E-state index in [1.807, 2.05) is 0 Å². The van der Waals surface area contributed by atoms with Gasteiger partial charge in [0.15, 0.2) is 0 Å². The molecule has 1 heterocycles. The maximum Gasteiger partial charge on any atom is 0.236 e. The number of hydrogen-bond acceptors (Lipinski definition) is 2. The van der Waals surface area contributed by atoms with Gasteiger partial charge in [0, 0.05) is 18.6 Å². The lowest BCUT2D eigenvalue weighted by molar-refractivity contribution is -0.131. The summed E-state index contributed by atoms with van der Waals surface area (Å²) in [7, 11) is 0. The molecule has 1 aliphatic heterocycles. The van der Waals surface area contributed by atoms with E-state index in [1.54, 1.807) is 0 Å². The van der Waals surface area contributed by atoms with Gasteiger partial charge in [0.1, 0.15) is 0 Å². The molecule has 3 aliphatic rings. The van der Waals surface area contributed by atoms with Crippen LogP contribution in [-0.4, -0.2) is 36.0 Å². The van der Waals surface area contributed by atoms with E-state index in [0.717, 1.165) is 12.5 Å². The van der Waals surface area contributed by atoms with Crippen molar-refractivity contribution in [3.05, 3.63) is 0 Å². The Morgan fingerprint density at radius 3 is 2.62 bits per heavy atom. The first-order valence-corrected chi connectivity index (χ1v) is 6.86. The Morgan fingerprint density at radius 1 is 1.19 bits per heavy atom. The Labute approximate surface area is 97.6 Å². The minimum Gasteiger partial charge on any atom is -0.338 e. The fraction of sp³-hybridized carbons (Fsp3) is 0.923. The van der Waals surface area contributed by atoms with Crippen molar-refractivity contribution in [3.63, 3.8) is 0 Å². The Kier molecular flexibility index (Phi) is 2.88. The number of rotatable bonds is 3. The van der Waals surface area contributed by atoms with Gasteiger partial charge < -0.3 is 10.2 Å². The zero-order valence-electron chi connectivity index (χ0n) is 9.95. The molecule has 3 fully saturated rings. The van der Waals surface area contributed by atoms with E-state index >= 15 is 0 Å². The van der Waals surface area contributed by atoms with Crippen molar-refractivity contribution in [1.82, 2.24) is 10.2 Å². The molecule has 1 amide bonds. The highest BCUT2D eigenvalue weighted by Gasteiger charge is 2.39. The van der Waals surface area contributed by atoms with Gasteiger partial charge in [-0.1, -0.05) is 12.8 Å². The molecule has 3 rings (SSSR count). The van der Waals surface area contributed by atoms with Crippen LogP contribution in [0.3, 0.4) is 0 Å². The average Bonchev–Trinajstić information content (AvgIpc) is 3.01. The molecule has 0 radical (unpaired) electrons. The highest BCUT2D eigenvalue weighted by molar-refractivity contribution is 5.79. The minimum atomic E-state index is 0.346. The van der Waals surface area contributed by atoms with Crippen LogP contribution in [0.1, 0.15) is 44.9 Å². The normalized spacial score (nSPS) is 33.9. The molecule has 0 aromatic carbocycles. The third-order valence-electron chi connectivity index (χ3n) is 4.63. The maximum atomic E-state index is 12.1. The van der Waals surface area contributed by atoms with E-state index in [4.69, 9.17) is 0 Å². The van der Waals surface area contributed by atoms with Crippen molar-refractivity contribution in [2.75, 3.05) is 13.1 Å². The van der Waals surface area contributed by atoms with Gasteiger partial charge in [-0.3, -0.25) is 4.79 Å². The molecule has 0 aromatic rings. The predicted molar refractivity (Wildman–Crippen MR) is 63.1 cm³/mol. The number of carbonyl (C=O) groups excluding carboxylic acids is 1. The number of fused-ring (bicyclic) bond motifs is 2. The van der Waals surface area contributed by atoms with Crippen LogP contribution in [0.5, 0.6) is 0 Å². The molecule has 2 unspecified atom stereocenters. The zero-order chi connectivity index (χ0) is 11.0. The minimum absolute atomic E-state index is 0.346. The summed E-state index contributed by atoms with van der Waals surface area (Å²) in [5.41, 5.74) is 0. The molecule has 3 heteroatoms. The van der Waals surface area contributed by atoms with Gasteiger partial charge >= 0.3 is 0 Å². The largest absolute Gasteiger partial charge is 0.338 e. The Morgan fingerprint density at radius 2 is 2.00 bits per heavy atom. The van der Waals surface area contributed by atoms with Crippen molar-refractivity contribution in [2.45, 2.75) is 57.0 Å². The topological polar surface area (TPSA) is 32.3 Å². The van der Waals surface area contributed by atoms with Gasteiger partial charge in [0.05, 0.1) is 6.54 Å². The Bertz CT molecular complexity index is 273. The summed E-state index contributed by atoms with van der Waals surface area (Å²) in [4.78, 5) is 14.2. The van der Waals surface area contributed by atoms with E-state index in [9.17, 15) is 4.79 Å². The molecule has 2 saturated carbocycles. The van der Waals surface area contributed by atoms with Crippen LogP contribution in [0, 0.1) is 5.92 Å². The van der Waals surface area contributed by atoms with Crippen LogP contribution in [0.2, 0.25) is 0 Å². The zero-order valence-corrected chi connectivity index (χ0v) is 9.95. The van der Waals surface area contributed by atoms with E-state index in [-0.39, 0.29) is 0 Å². The fourth-order valence-corrected chi connectivity index (χ4v) is 3.69. The van der Waals surface area contributed by atoms with Gasteiger partial charge in [0.2, 0.25) is 5.91 Å². The number of likely N-dealkylation sites (tertiary alicyclic amines) is 1. The van der Waals surface area contributed by atoms with Crippen LogP contribution in [0.4, 0.5) is 0 Å². The smallest absolute Gasteiger partial charge is 0.236 e. The molecule has 16 heavy (non-hydrogen) atoms. The maximum absolute atomic E-state index is 12.1. The summed E-state index contributed by atoms with van der Waals surface area (Å²) in [5, 5.41) is 3.43. The lowest BCUT2D eigenvalue weighted by Gasteiger charge is -2.27. The van der Waals surface area contributed by atoms with Gasteiger partial charge in [-0.25, -0.2) is 0 Å². The number of hydrogen-bond donors (Lipinski definition) is 1.